The van der Waals surface area contributed by atoms with Crippen LogP contribution in [0.15, 0.2) is 71.5 Å². The third-order valence-corrected chi connectivity index (χ3v) is 8.96. The summed E-state index contributed by atoms with van der Waals surface area (Å²) in [5.74, 6) is 2.22. The van der Waals surface area contributed by atoms with Crippen molar-refractivity contribution in [2.75, 3.05) is 22.9 Å². The number of piperidine rings is 1. The summed E-state index contributed by atoms with van der Waals surface area (Å²) in [5.41, 5.74) is 6.57. The van der Waals surface area contributed by atoms with Gasteiger partial charge in [-0.25, -0.2) is 0 Å². The molecule has 0 aliphatic carbocycles. The maximum absolute atomic E-state index is 7.01. The number of thiocarbonyl (C=S) groups is 1. The van der Waals surface area contributed by atoms with Crippen LogP contribution in [0.25, 0.3) is 0 Å². The molecule has 0 bridgehead atoms. The van der Waals surface area contributed by atoms with Crippen molar-refractivity contribution in [3.8, 4) is 0 Å². The third-order valence-electron chi connectivity index (χ3n) is 8.34. The standard InChI is InChI=1S/C32H36ClN5OS/c1-20-14-21(2)18-36(17-20)29-11-10-24(16-27(29)33)38-31(30(35-32(38)40)28-9-5-6-12-34-28)26-15-22(3)37(23(26)4)19-25-8-7-13-39-25/h5-13,15-16,20-21,30-31H,14,17-19H2,1-4H3,(H,35,40)/t20-,21+,30-,31+/m0/s1. The molecule has 1 aromatic carbocycles. The average molecular weight is 574 g/mol. The van der Waals surface area contributed by atoms with Gasteiger partial charge in [0.05, 0.1) is 41.3 Å². The smallest absolute Gasteiger partial charge is 0.174 e. The van der Waals surface area contributed by atoms with Crippen LogP contribution < -0.4 is 15.1 Å². The van der Waals surface area contributed by atoms with E-state index in [1.807, 2.05) is 30.5 Å². The van der Waals surface area contributed by atoms with E-state index in [-0.39, 0.29) is 12.1 Å². The molecule has 0 amide bonds. The number of rotatable bonds is 6. The van der Waals surface area contributed by atoms with Crippen molar-refractivity contribution in [3.63, 3.8) is 0 Å². The van der Waals surface area contributed by atoms with Gasteiger partial charge in [-0.2, -0.15) is 0 Å². The second-order valence-corrected chi connectivity index (χ2v) is 12.3. The van der Waals surface area contributed by atoms with Crippen molar-refractivity contribution < 1.29 is 4.42 Å². The predicted octanol–water partition coefficient (Wildman–Crippen LogP) is 7.45. The Morgan fingerprint density at radius 1 is 1.05 bits per heavy atom. The Morgan fingerprint density at radius 2 is 1.85 bits per heavy atom. The van der Waals surface area contributed by atoms with Gasteiger partial charge < -0.3 is 24.1 Å². The molecule has 0 unspecified atom stereocenters. The maximum Gasteiger partial charge on any atom is 0.174 e. The van der Waals surface area contributed by atoms with Crippen molar-refractivity contribution in [2.45, 2.75) is 52.7 Å². The number of anilines is 2. The van der Waals surface area contributed by atoms with Crippen molar-refractivity contribution in [1.82, 2.24) is 14.9 Å². The van der Waals surface area contributed by atoms with E-state index in [1.165, 1.54) is 23.4 Å². The molecule has 5 heterocycles. The number of pyridine rings is 1. The first-order valence-electron chi connectivity index (χ1n) is 14.0. The lowest BCUT2D eigenvalue weighted by Gasteiger charge is -2.37. The Kier molecular flexibility index (Phi) is 7.36. The van der Waals surface area contributed by atoms with Gasteiger partial charge in [-0.05, 0) is 98.4 Å². The molecule has 2 fully saturated rings. The molecule has 208 valence electrons. The molecule has 40 heavy (non-hydrogen) atoms. The van der Waals surface area contributed by atoms with E-state index in [9.17, 15) is 0 Å². The van der Waals surface area contributed by atoms with E-state index < -0.39 is 0 Å². The summed E-state index contributed by atoms with van der Waals surface area (Å²) < 4.78 is 7.98. The van der Waals surface area contributed by atoms with Gasteiger partial charge in [0.25, 0.3) is 0 Å². The second kappa shape index (κ2) is 10.9. The first-order valence-corrected chi connectivity index (χ1v) is 14.8. The molecule has 4 atom stereocenters. The van der Waals surface area contributed by atoms with Gasteiger partial charge in [-0.1, -0.05) is 31.5 Å². The van der Waals surface area contributed by atoms with Crippen LogP contribution in [0.2, 0.25) is 5.02 Å². The van der Waals surface area contributed by atoms with Gasteiger partial charge in [0.15, 0.2) is 5.11 Å². The summed E-state index contributed by atoms with van der Waals surface area (Å²) in [6.45, 7) is 11.7. The van der Waals surface area contributed by atoms with Gasteiger partial charge in [0, 0.05) is 36.4 Å². The normalized spacial score (nSPS) is 23.1. The van der Waals surface area contributed by atoms with Crippen molar-refractivity contribution in [3.05, 3.63) is 100 Å². The van der Waals surface area contributed by atoms with Crippen LogP contribution in [-0.4, -0.2) is 27.8 Å². The molecule has 2 aliphatic rings. The first kappa shape index (κ1) is 26.9. The van der Waals surface area contributed by atoms with E-state index in [0.29, 0.717) is 23.5 Å². The molecule has 6 rings (SSSR count). The number of furan rings is 1. The lowest BCUT2D eigenvalue weighted by Crippen LogP contribution is -2.38. The number of aromatic nitrogens is 2. The SMILES string of the molecule is Cc1cc([C@@H]2[C@H](c3ccccn3)NC(=S)N2c2ccc(N3C[C@H](C)C[C@H](C)C3)c(Cl)c2)c(C)n1Cc1ccco1. The van der Waals surface area contributed by atoms with Crippen LogP contribution in [0.1, 0.15) is 60.8 Å². The topological polar surface area (TPSA) is 49.5 Å². The van der Waals surface area contributed by atoms with Crippen LogP contribution in [0.4, 0.5) is 11.4 Å². The molecule has 8 heteroatoms. The zero-order chi connectivity index (χ0) is 28.0. The van der Waals surface area contributed by atoms with E-state index in [0.717, 1.165) is 40.9 Å². The largest absolute Gasteiger partial charge is 0.467 e. The number of benzene rings is 1. The minimum Gasteiger partial charge on any atom is -0.467 e. The summed E-state index contributed by atoms with van der Waals surface area (Å²) in [4.78, 5) is 9.37. The maximum atomic E-state index is 7.01. The van der Waals surface area contributed by atoms with Crippen molar-refractivity contribution >= 4 is 40.3 Å². The van der Waals surface area contributed by atoms with Gasteiger partial charge >= 0.3 is 0 Å². The molecule has 0 radical (unpaired) electrons. The monoisotopic (exact) mass is 573 g/mol. The van der Waals surface area contributed by atoms with Crippen LogP contribution in [-0.2, 0) is 6.54 Å². The van der Waals surface area contributed by atoms with Crippen LogP contribution in [0, 0.1) is 25.7 Å². The number of nitrogens with zero attached hydrogens (tertiary/aromatic N) is 4. The van der Waals surface area contributed by atoms with E-state index >= 15 is 0 Å². The molecule has 3 aromatic heterocycles. The quantitative estimate of drug-likeness (QED) is 0.242. The highest BCUT2D eigenvalue weighted by molar-refractivity contribution is 7.80. The fourth-order valence-electron chi connectivity index (χ4n) is 6.64. The molecule has 0 spiro atoms. The zero-order valence-corrected chi connectivity index (χ0v) is 25.0. The number of halogens is 1. The van der Waals surface area contributed by atoms with Crippen molar-refractivity contribution in [2.24, 2.45) is 11.8 Å². The van der Waals surface area contributed by atoms with Gasteiger partial charge in [-0.15, -0.1) is 0 Å². The summed E-state index contributed by atoms with van der Waals surface area (Å²) in [6, 6.07) is 18.4. The first-order chi connectivity index (χ1) is 19.3. The van der Waals surface area contributed by atoms with Crippen molar-refractivity contribution in [1.29, 1.82) is 0 Å². The fourth-order valence-corrected chi connectivity index (χ4v) is 7.28. The Labute approximate surface area is 246 Å². The Balaban J connectivity index is 1.41. The summed E-state index contributed by atoms with van der Waals surface area (Å²) in [7, 11) is 0. The van der Waals surface area contributed by atoms with Gasteiger partial charge in [-0.3, -0.25) is 4.98 Å². The van der Waals surface area contributed by atoms with Crippen LogP contribution in [0.5, 0.6) is 0 Å². The minimum absolute atomic E-state index is 0.101. The van der Waals surface area contributed by atoms with E-state index in [4.69, 9.17) is 33.2 Å². The number of nitrogens with one attached hydrogen (secondary N) is 1. The molecule has 6 nitrogen and oxygen atoms in total. The highest BCUT2D eigenvalue weighted by Gasteiger charge is 2.42. The van der Waals surface area contributed by atoms with E-state index in [2.05, 4.69) is 77.7 Å². The molecule has 2 saturated heterocycles. The number of hydrogen-bond donors (Lipinski definition) is 1. The minimum atomic E-state index is -0.117. The number of hydrogen-bond acceptors (Lipinski definition) is 4. The summed E-state index contributed by atoms with van der Waals surface area (Å²) in [6.07, 6.45) is 4.82. The average Bonchev–Trinajstić information content (AvgIpc) is 3.63. The number of aryl methyl sites for hydroxylation is 1. The molecule has 0 saturated carbocycles. The third kappa shape index (κ3) is 5.01. The van der Waals surface area contributed by atoms with E-state index in [1.54, 1.807) is 6.26 Å². The van der Waals surface area contributed by atoms with Gasteiger partial charge in [0.2, 0.25) is 0 Å². The highest BCUT2D eigenvalue weighted by atomic mass is 35.5. The molecule has 1 N–H and O–H groups in total. The van der Waals surface area contributed by atoms with Crippen LogP contribution >= 0.6 is 23.8 Å². The Hall–Kier alpha value is -3.29. The molecular formula is C32H36ClN5OS. The Bertz CT molecular complexity index is 1490. The summed E-state index contributed by atoms with van der Waals surface area (Å²) >= 11 is 13.0. The highest BCUT2D eigenvalue weighted by Crippen LogP contribution is 2.45. The molecule has 2 aliphatic heterocycles. The predicted molar refractivity (Wildman–Crippen MR) is 166 cm³/mol. The molecular weight excluding hydrogens is 538 g/mol. The van der Waals surface area contributed by atoms with Crippen LogP contribution in [0.3, 0.4) is 0 Å². The Morgan fingerprint density at radius 3 is 2.52 bits per heavy atom. The van der Waals surface area contributed by atoms with Gasteiger partial charge in [0.1, 0.15) is 5.76 Å². The summed E-state index contributed by atoms with van der Waals surface area (Å²) in [5, 5.41) is 5.01. The lowest BCUT2D eigenvalue weighted by atomic mass is 9.91. The lowest BCUT2D eigenvalue weighted by molar-refractivity contribution is 0.357. The zero-order valence-electron chi connectivity index (χ0n) is 23.5. The molecule has 4 aromatic rings. The second-order valence-electron chi connectivity index (χ2n) is 11.5. The fraction of sp³-hybridized carbons (Fsp3) is 0.375.